The van der Waals surface area contributed by atoms with Crippen molar-refractivity contribution in [1.82, 2.24) is 5.32 Å². The molecule has 1 saturated heterocycles. The van der Waals surface area contributed by atoms with Crippen molar-refractivity contribution in [3.05, 3.63) is 106 Å². The molecule has 6 nitrogen and oxygen atoms in total. The van der Waals surface area contributed by atoms with Crippen molar-refractivity contribution in [1.29, 1.82) is 5.26 Å². The van der Waals surface area contributed by atoms with Gasteiger partial charge in [0.2, 0.25) is 5.91 Å². The molecule has 1 fully saturated rings. The standard InChI is InChI=1S/C29H27N3O3S/c1-19-8-7-9-21(16-19)17-26-28(34)32(23-12-14-24(35-3)15-13-23)29(36-26)25(18-30)27(33)31-20(2)22-10-5-4-6-11-22/h4-16,20,26H,17H2,1-3H3,(H,31,33)/b29-25-. The molecule has 0 radical (unpaired) electrons. The number of hydrogen-bond donors (Lipinski definition) is 1. The number of aryl methyl sites for hydroxylation is 1. The fraction of sp³-hybridized carbons (Fsp3) is 0.207. The summed E-state index contributed by atoms with van der Waals surface area (Å²) in [5.74, 6) is -0.0352. The number of carbonyl (C=O) groups is 2. The van der Waals surface area contributed by atoms with Crippen LogP contribution in [0.4, 0.5) is 5.69 Å². The van der Waals surface area contributed by atoms with Gasteiger partial charge in [0.25, 0.3) is 5.91 Å². The second kappa shape index (κ2) is 11.1. The number of carbonyl (C=O) groups excluding carboxylic acids is 2. The zero-order valence-electron chi connectivity index (χ0n) is 20.4. The van der Waals surface area contributed by atoms with E-state index < -0.39 is 11.2 Å². The molecule has 2 unspecified atom stereocenters. The van der Waals surface area contributed by atoms with Crippen molar-refractivity contribution in [2.24, 2.45) is 0 Å². The van der Waals surface area contributed by atoms with E-state index in [9.17, 15) is 14.9 Å². The molecule has 1 aliphatic heterocycles. The summed E-state index contributed by atoms with van der Waals surface area (Å²) < 4.78 is 5.25. The van der Waals surface area contributed by atoms with E-state index in [4.69, 9.17) is 4.74 Å². The highest BCUT2D eigenvalue weighted by Gasteiger charge is 2.41. The van der Waals surface area contributed by atoms with Crippen LogP contribution >= 0.6 is 11.8 Å². The zero-order valence-corrected chi connectivity index (χ0v) is 21.2. The van der Waals surface area contributed by atoms with E-state index in [2.05, 4.69) is 11.4 Å². The molecule has 1 heterocycles. The first kappa shape index (κ1) is 25.1. The summed E-state index contributed by atoms with van der Waals surface area (Å²) >= 11 is 1.26. The Morgan fingerprint density at radius 2 is 1.83 bits per heavy atom. The Hall–Kier alpha value is -4.02. The minimum Gasteiger partial charge on any atom is -0.497 e. The molecule has 3 aromatic carbocycles. The molecule has 1 N–H and O–H groups in total. The maximum absolute atomic E-state index is 13.6. The van der Waals surface area contributed by atoms with E-state index in [0.717, 1.165) is 16.7 Å². The third kappa shape index (κ3) is 5.45. The molecule has 0 aromatic heterocycles. The summed E-state index contributed by atoms with van der Waals surface area (Å²) in [7, 11) is 1.57. The van der Waals surface area contributed by atoms with E-state index in [1.807, 2.05) is 68.4 Å². The Kier molecular flexibility index (Phi) is 7.77. The van der Waals surface area contributed by atoms with E-state index >= 15 is 0 Å². The maximum atomic E-state index is 13.6. The molecule has 2 atom stereocenters. The molecule has 1 aliphatic rings. The lowest BCUT2D eigenvalue weighted by Crippen LogP contribution is -2.32. The summed E-state index contributed by atoms with van der Waals surface area (Å²) in [4.78, 5) is 28.4. The molecule has 3 aromatic rings. The summed E-state index contributed by atoms with van der Waals surface area (Å²) in [6.07, 6.45) is 0.488. The molecule has 0 bridgehead atoms. The predicted molar refractivity (Wildman–Crippen MR) is 142 cm³/mol. The van der Waals surface area contributed by atoms with Crippen molar-refractivity contribution in [2.75, 3.05) is 12.0 Å². The Morgan fingerprint density at radius 3 is 2.47 bits per heavy atom. The SMILES string of the molecule is COc1ccc(N2C(=O)C(Cc3cccc(C)c3)S/C2=C(/C#N)C(=O)NC(C)c2ccccc2)cc1. The number of hydrogen-bond acceptors (Lipinski definition) is 5. The molecule has 36 heavy (non-hydrogen) atoms. The average Bonchev–Trinajstić information content (AvgIpc) is 3.20. The number of nitrogens with one attached hydrogen (secondary N) is 1. The molecule has 0 spiro atoms. The Balaban J connectivity index is 1.70. The fourth-order valence-corrected chi connectivity index (χ4v) is 5.41. The maximum Gasteiger partial charge on any atom is 0.265 e. The van der Waals surface area contributed by atoms with E-state index in [1.54, 1.807) is 31.4 Å². The second-order valence-electron chi connectivity index (χ2n) is 8.57. The van der Waals surface area contributed by atoms with Gasteiger partial charge in [-0.25, -0.2) is 0 Å². The third-order valence-corrected chi connectivity index (χ3v) is 7.25. The predicted octanol–water partition coefficient (Wildman–Crippen LogP) is 5.31. The van der Waals surface area contributed by atoms with E-state index in [0.29, 0.717) is 22.9 Å². The first-order valence-corrected chi connectivity index (χ1v) is 12.5. The van der Waals surface area contributed by atoms with Crippen LogP contribution in [0.15, 0.2) is 89.5 Å². The highest BCUT2D eigenvalue weighted by atomic mass is 32.2. The van der Waals surface area contributed by atoms with Gasteiger partial charge in [-0.15, -0.1) is 0 Å². The van der Waals surface area contributed by atoms with Crippen molar-refractivity contribution in [2.45, 2.75) is 31.6 Å². The lowest BCUT2D eigenvalue weighted by Gasteiger charge is -2.20. The number of thioether (sulfide) groups is 1. The monoisotopic (exact) mass is 497 g/mol. The van der Waals surface area contributed by atoms with Crippen LogP contribution in [-0.2, 0) is 16.0 Å². The number of nitriles is 1. The summed E-state index contributed by atoms with van der Waals surface area (Å²) in [5, 5.41) is 12.8. The molecule has 4 rings (SSSR count). The van der Waals surface area contributed by atoms with Crippen LogP contribution in [-0.4, -0.2) is 24.2 Å². The largest absolute Gasteiger partial charge is 0.497 e. The fourth-order valence-electron chi connectivity index (χ4n) is 4.10. The molecule has 2 amide bonds. The van der Waals surface area contributed by atoms with Gasteiger partial charge in [-0.3, -0.25) is 14.5 Å². The smallest absolute Gasteiger partial charge is 0.265 e. The number of anilines is 1. The molecular formula is C29H27N3O3S. The van der Waals surface area contributed by atoms with Crippen LogP contribution in [0.3, 0.4) is 0 Å². The summed E-state index contributed by atoms with van der Waals surface area (Å²) in [6.45, 7) is 3.87. The molecule has 0 aliphatic carbocycles. The molecular weight excluding hydrogens is 470 g/mol. The number of methoxy groups -OCH3 is 1. The van der Waals surface area contributed by atoms with Crippen LogP contribution in [0.5, 0.6) is 5.75 Å². The Morgan fingerprint density at radius 1 is 1.11 bits per heavy atom. The van der Waals surface area contributed by atoms with E-state index in [-0.39, 0.29) is 17.5 Å². The van der Waals surface area contributed by atoms with Gasteiger partial charge in [-0.2, -0.15) is 5.26 Å². The lowest BCUT2D eigenvalue weighted by molar-refractivity contribution is -0.117. The second-order valence-corrected chi connectivity index (χ2v) is 9.76. The summed E-state index contributed by atoms with van der Waals surface area (Å²) in [6, 6.07) is 26.3. The molecule has 182 valence electrons. The minimum atomic E-state index is -0.515. The van der Waals surface area contributed by atoms with Gasteiger partial charge in [-0.1, -0.05) is 71.9 Å². The van der Waals surface area contributed by atoms with Gasteiger partial charge in [-0.05, 0) is 55.7 Å². The Bertz CT molecular complexity index is 1330. The first-order valence-electron chi connectivity index (χ1n) is 11.6. The van der Waals surface area contributed by atoms with Gasteiger partial charge in [0.1, 0.15) is 22.4 Å². The van der Waals surface area contributed by atoms with Crippen LogP contribution in [0, 0.1) is 18.3 Å². The van der Waals surface area contributed by atoms with Crippen molar-refractivity contribution >= 4 is 29.3 Å². The van der Waals surface area contributed by atoms with Gasteiger partial charge < -0.3 is 10.1 Å². The van der Waals surface area contributed by atoms with Gasteiger partial charge in [0.05, 0.1) is 18.4 Å². The number of amides is 2. The van der Waals surface area contributed by atoms with Crippen molar-refractivity contribution in [3.8, 4) is 11.8 Å². The normalized spacial score (nSPS) is 17.3. The number of rotatable bonds is 7. The van der Waals surface area contributed by atoms with Crippen LogP contribution in [0.25, 0.3) is 0 Å². The summed E-state index contributed by atoms with van der Waals surface area (Å²) in [5.41, 5.74) is 3.55. The molecule has 7 heteroatoms. The van der Waals surface area contributed by atoms with Crippen molar-refractivity contribution in [3.63, 3.8) is 0 Å². The van der Waals surface area contributed by atoms with Crippen molar-refractivity contribution < 1.29 is 14.3 Å². The molecule has 0 saturated carbocycles. The highest BCUT2D eigenvalue weighted by Crippen LogP contribution is 2.42. The van der Waals surface area contributed by atoms with Crippen LogP contribution < -0.4 is 15.0 Å². The van der Waals surface area contributed by atoms with Gasteiger partial charge in [0.15, 0.2) is 0 Å². The quantitative estimate of drug-likeness (QED) is 0.353. The number of ether oxygens (including phenoxy) is 1. The first-order chi connectivity index (χ1) is 17.4. The van der Waals surface area contributed by atoms with Crippen LogP contribution in [0.2, 0.25) is 0 Å². The Labute approximate surface area is 215 Å². The van der Waals surface area contributed by atoms with Gasteiger partial charge >= 0.3 is 0 Å². The third-order valence-electron chi connectivity index (χ3n) is 5.99. The number of nitrogens with zero attached hydrogens (tertiary/aromatic N) is 2. The van der Waals surface area contributed by atoms with E-state index in [1.165, 1.54) is 16.7 Å². The highest BCUT2D eigenvalue weighted by molar-refractivity contribution is 8.05. The average molecular weight is 498 g/mol. The minimum absolute atomic E-state index is 0.0845. The lowest BCUT2D eigenvalue weighted by atomic mass is 10.1. The van der Waals surface area contributed by atoms with Gasteiger partial charge in [0, 0.05) is 5.69 Å². The zero-order chi connectivity index (χ0) is 25.7. The van der Waals surface area contributed by atoms with Crippen LogP contribution in [0.1, 0.15) is 29.7 Å². The number of benzene rings is 3. The topological polar surface area (TPSA) is 82.4 Å².